The van der Waals surface area contributed by atoms with Gasteiger partial charge in [-0.1, -0.05) is 38.8 Å². The zero-order chi connectivity index (χ0) is 37.6. The van der Waals surface area contributed by atoms with E-state index < -0.39 is 5.82 Å². The highest BCUT2D eigenvalue weighted by Gasteiger charge is 2.36. The minimum Gasteiger partial charge on any atom is -0.463 e. The van der Waals surface area contributed by atoms with E-state index in [2.05, 4.69) is 13.2 Å². The van der Waals surface area contributed by atoms with Crippen LogP contribution in [0.4, 0.5) is 4.39 Å². The molecule has 1 aromatic rings. The van der Waals surface area contributed by atoms with Crippen molar-refractivity contribution in [3.05, 3.63) is 49.3 Å². The first-order valence-corrected chi connectivity index (χ1v) is 20.5. The predicted octanol–water partition coefficient (Wildman–Crippen LogP) is 9.88. The lowest BCUT2D eigenvalue weighted by atomic mass is 9.68. The molecule has 292 valence electrons. The minimum atomic E-state index is -0.545. The van der Waals surface area contributed by atoms with Gasteiger partial charge in [-0.05, 0) is 150 Å². The Labute approximate surface area is 315 Å². The first kappa shape index (κ1) is 40.7. The smallest absolute Gasteiger partial charge is 0.330 e. The Bertz CT molecular complexity index is 1380. The molecule has 0 N–H and O–H groups in total. The van der Waals surface area contributed by atoms with Gasteiger partial charge in [0.05, 0.1) is 25.0 Å². The van der Waals surface area contributed by atoms with Gasteiger partial charge in [0.2, 0.25) is 0 Å². The number of hydrogen-bond acceptors (Lipinski definition) is 8. The van der Waals surface area contributed by atoms with Crippen molar-refractivity contribution in [2.24, 2.45) is 47.3 Å². The highest BCUT2D eigenvalue weighted by molar-refractivity contribution is 5.81. The molecule has 4 aliphatic carbocycles. The van der Waals surface area contributed by atoms with E-state index in [1.165, 1.54) is 75.7 Å². The van der Waals surface area contributed by atoms with Crippen LogP contribution in [0.5, 0.6) is 11.5 Å². The molecule has 4 fully saturated rings. The van der Waals surface area contributed by atoms with Crippen LogP contribution in [0.1, 0.15) is 128 Å². The molecule has 9 heteroatoms. The van der Waals surface area contributed by atoms with Gasteiger partial charge in [0.1, 0.15) is 5.82 Å². The summed E-state index contributed by atoms with van der Waals surface area (Å²) in [4.78, 5) is 49.1. The molecular weight excluding hydrogens is 675 g/mol. The number of esters is 4. The summed E-state index contributed by atoms with van der Waals surface area (Å²) in [5.74, 6) is 1.60. The molecule has 53 heavy (non-hydrogen) atoms. The van der Waals surface area contributed by atoms with Crippen LogP contribution in [0.15, 0.2) is 43.5 Å². The van der Waals surface area contributed by atoms with Gasteiger partial charge in [-0.3, -0.25) is 9.59 Å². The predicted molar refractivity (Wildman–Crippen MR) is 200 cm³/mol. The lowest BCUT2D eigenvalue weighted by molar-refractivity contribution is -0.143. The van der Waals surface area contributed by atoms with Crippen LogP contribution in [0.2, 0.25) is 0 Å². The molecule has 5 rings (SSSR count). The summed E-state index contributed by atoms with van der Waals surface area (Å²) >= 11 is 0. The number of hydrogen-bond donors (Lipinski definition) is 0. The van der Waals surface area contributed by atoms with Gasteiger partial charge < -0.3 is 18.9 Å². The van der Waals surface area contributed by atoms with E-state index in [0.717, 1.165) is 83.1 Å². The average molecular weight is 737 g/mol. The van der Waals surface area contributed by atoms with E-state index in [0.29, 0.717) is 48.7 Å². The van der Waals surface area contributed by atoms with Crippen molar-refractivity contribution < 1.29 is 42.5 Å². The average Bonchev–Trinajstić information content (AvgIpc) is 3.19. The summed E-state index contributed by atoms with van der Waals surface area (Å²) in [5, 5.41) is 0. The second kappa shape index (κ2) is 20.8. The summed E-state index contributed by atoms with van der Waals surface area (Å²) in [6.45, 7) is 7.77. The Morgan fingerprint density at radius 1 is 0.566 bits per heavy atom. The minimum absolute atomic E-state index is 0.0210. The van der Waals surface area contributed by atoms with E-state index in [-0.39, 0.29) is 47.2 Å². The van der Waals surface area contributed by atoms with E-state index in [4.69, 9.17) is 18.9 Å². The second-order valence-electron chi connectivity index (χ2n) is 16.2. The molecule has 8 nitrogen and oxygen atoms in total. The number of halogens is 1. The molecule has 0 aromatic heterocycles. The monoisotopic (exact) mass is 736 g/mol. The topological polar surface area (TPSA) is 105 Å². The van der Waals surface area contributed by atoms with Crippen molar-refractivity contribution >= 4 is 23.9 Å². The Balaban J connectivity index is 0.998. The molecule has 0 spiro atoms. The number of carbonyl (C=O) groups excluding carboxylic acids is 4. The Morgan fingerprint density at radius 2 is 0.943 bits per heavy atom. The van der Waals surface area contributed by atoms with E-state index in [1.54, 1.807) is 0 Å². The highest BCUT2D eigenvalue weighted by atomic mass is 19.1. The van der Waals surface area contributed by atoms with Gasteiger partial charge in [0.15, 0.2) is 11.5 Å². The van der Waals surface area contributed by atoms with E-state index >= 15 is 0 Å². The van der Waals surface area contributed by atoms with Crippen LogP contribution in [-0.4, -0.2) is 37.1 Å². The van der Waals surface area contributed by atoms with Gasteiger partial charge in [0.25, 0.3) is 0 Å². The van der Waals surface area contributed by atoms with Crippen LogP contribution < -0.4 is 9.47 Å². The van der Waals surface area contributed by atoms with Crippen molar-refractivity contribution in [3.8, 4) is 11.5 Å². The fourth-order valence-electron chi connectivity index (χ4n) is 9.79. The molecule has 0 radical (unpaired) electrons. The largest absolute Gasteiger partial charge is 0.463 e. The first-order chi connectivity index (χ1) is 25.7. The molecule has 4 saturated carbocycles. The van der Waals surface area contributed by atoms with Gasteiger partial charge in [-0.2, -0.15) is 0 Å². The molecular formula is C44H61FO8. The maximum absolute atomic E-state index is 14.3. The third kappa shape index (κ3) is 12.5. The molecule has 0 aliphatic heterocycles. The van der Waals surface area contributed by atoms with Crippen molar-refractivity contribution in [1.29, 1.82) is 0 Å². The molecule has 1 aromatic carbocycles. The van der Waals surface area contributed by atoms with E-state index in [1.807, 2.05) is 0 Å². The lowest BCUT2D eigenvalue weighted by Gasteiger charge is -2.37. The van der Waals surface area contributed by atoms with Gasteiger partial charge in [-0.25, -0.2) is 14.0 Å². The summed E-state index contributed by atoms with van der Waals surface area (Å²) in [5.41, 5.74) is 0. The van der Waals surface area contributed by atoms with Gasteiger partial charge in [0, 0.05) is 18.2 Å². The molecule has 0 amide bonds. The van der Waals surface area contributed by atoms with E-state index in [9.17, 15) is 23.6 Å². The third-order valence-electron chi connectivity index (χ3n) is 13.0. The molecule has 0 unspecified atom stereocenters. The van der Waals surface area contributed by atoms with Gasteiger partial charge in [-0.15, -0.1) is 0 Å². The zero-order valence-corrected chi connectivity index (χ0v) is 31.6. The van der Waals surface area contributed by atoms with Crippen molar-refractivity contribution in [2.45, 2.75) is 128 Å². The first-order valence-electron chi connectivity index (χ1n) is 20.5. The van der Waals surface area contributed by atoms with Crippen LogP contribution in [0.3, 0.4) is 0 Å². The Morgan fingerprint density at radius 3 is 1.34 bits per heavy atom. The maximum atomic E-state index is 14.3. The van der Waals surface area contributed by atoms with Crippen LogP contribution in [-0.2, 0) is 28.7 Å². The number of ether oxygens (including phenoxy) is 4. The second-order valence-corrected chi connectivity index (χ2v) is 16.2. The number of benzene rings is 1. The third-order valence-corrected chi connectivity index (χ3v) is 13.0. The van der Waals surface area contributed by atoms with Crippen molar-refractivity contribution in [2.75, 3.05) is 13.2 Å². The van der Waals surface area contributed by atoms with Crippen LogP contribution in [0, 0.1) is 53.2 Å². The number of carbonyl (C=O) groups is 4. The summed E-state index contributed by atoms with van der Waals surface area (Å²) in [7, 11) is 0. The fourth-order valence-corrected chi connectivity index (χ4v) is 9.79. The van der Waals surface area contributed by atoms with Crippen LogP contribution in [0.25, 0.3) is 0 Å². The standard InChI is InChI=1S/C44H61FO8/c1-3-41(46)50-27-5-7-30-9-13-32(14-10-30)34-17-21-36(22-18-34)43(48)52-39-26-25-38(45)29-40(39)53-44(49)37-23-19-35(20-24-37)33-15-11-31(12-16-33)8-6-28-51-42(47)4-2/h3-4,25-26,29-37H,1-2,5-24,27-28H2. The summed E-state index contributed by atoms with van der Waals surface area (Å²) in [6, 6.07) is 3.78. The van der Waals surface area contributed by atoms with Crippen molar-refractivity contribution in [1.82, 2.24) is 0 Å². The Hall–Kier alpha value is -3.49. The molecule has 0 saturated heterocycles. The normalized spacial score (nSPS) is 28.9. The molecule has 0 atom stereocenters. The van der Waals surface area contributed by atoms with Crippen LogP contribution >= 0.6 is 0 Å². The van der Waals surface area contributed by atoms with Crippen molar-refractivity contribution in [3.63, 3.8) is 0 Å². The quantitative estimate of drug-likeness (QED) is 0.0715. The maximum Gasteiger partial charge on any atom is 0.330 e. The molecule has 4 aliphatic rings. The molecule has 0 heterocycles. The summed E-state index contributed by atoms with van der Waals surface area (Å²) in [6.07, 6.45) is 23.0. The SMILES string of the molecule is C=CC(=O)OCCCC1CCC(C2CCC(C(=O)Oc3ccc(F)cc3OC(=O)C3CCC(C4CCC(CCCOC(=O)C=C)CC4)CC3)CC2)CC1. The fraction of sp³-hybridized carbons (Fsp3) is 0.682. The summed E-state index contributed by atoms with van der Waals surface area (Å²) < 4.78 is 36.1. The number of rotatable bonds is 16. The Kier molecular flexibility index (Phi) is 16.0. The lowest BCUT2D eigenvalue weighted by Crippen LogP contribution is -2.31. The van der Waals surface area contributed by atoms with Gasteiger partial charge >= 0.3 is 23.9 Å². The highest BCUT2D eigenvalue weighted by Crippen LogP contribution is 2.44. The molecule has 0 bridgehead atoms. The zero-order valence-electron chi connectivity index (χ0n) is 31.6.